The summed E-state index contributed by atoms with van der Waals surface area (Å²) in [4.78, 5) is 14.7. The molecule has 1 aromatic rings. The minimum atomic E-state index is 0.0290. The fourth-order valence-corrected chi connectivity index (χ4v) is 3.98. The van der Waals surface area contributed by atoms with Gasteiger partial charge in [-0.15, -0.1) is 0 Å². The zero-order valence-corrected chi connectivity index (χ0v) is 12.9. The molecule has 1 heterocycles. The van der Waals surface area contributed by atoms with Gasteiger partial charge in [0.1, 0.15) is 0 Å². The van der Waals surface area contributed by atoms with Gasteiger partial charge in [0.15, 0.2) is 0 Å². The van der Waals surface area contributed by atoms with Crippen LogP contribution in [0.15, 0.2) is 24.3 Å². The van der Waals surface area contributed by atoms with Gasteiger partial charge in [0.05, 0.1) is 18.2 Å². The third kappa shape index (κ3) is 3.48. The zero-order chi connectivity index (χ0) is 15.4. The number of carbonyl (C=O) groups is 1. The van der Waals surface area contributed by atoms with E-state index in [1.54, 1.807) is 18.2 Å². The lowest BCUT2D eigenvalue weighted by Gasteiger charge is -2.43. The molecule has 4 heteroatoms. The summed E-state index contributed by atoms with van der Waals surface area (Å²) in [6.45, 7) is 1.50. The van der Waals surface area contributed by atoms with E-state index in [-0.39, 0.29) is 5.91 Å². The molecule has 1 aromatic carbocycles. The molecule has 0 unspecified atom stereocenters. The summed E-state index contributed by atoms with van der Waals surface area (Å²) >= 11 is 0. The number of hydrogen-bond donors (Lipinski definition) is 1. The van der Waals surface area contributed by atoms with Crippen LogP contribution in [0.2, 0.25) is 0 Å². The lowest BCUT2D eigenvalue weighted by molar-refractivity contribution is -0.118. The van der Waals surface area contributed by atoms with Crippen molar-refractivity contribution >= 4 is 11.6 Å². The van der Waals surface area contributed by atoms with Crippen LogP contribution in [0.25, 0.3) is 0 Å². The van der Waals surface area contributed by atoms with E-state index in [1.807, 2.05) is 6.07 Å². The molecule has 0 radical (unpaired) electrons. The maximum absolute atomic E-state index is 12.3. The summed E-state index contributed by atoms with van der Waals surface area (Å²) < 4.78 is 0. The molecule has 4 nitrogen and oxygen atoms in total. The second-order valence-electron chi connectivity index (χ2n) is 6.47. The highest BCUT2D eigenvalue weighted by Gasteiger charge is 2.33. The molecule has 0 spiro atoms. The molecule has 116 valence electrons. The van der Waals surface area contributed by atoms with Crippen molar-refractivity contribution in [3.05, 3.63) is 29.8 Å². The number of piperidine rings is 1. The second kappa shape index (κ2) is 6.93. The van der Waals surface area contributed by atoms with Crippen molar-refractivity contribution in [2.45, 2.75) is 44.6 Å². The van der Waals surface area contributed by atoms with E-state index >= 15 is 0 Å². The Morgan fingerprint density at radius 3 is 2.95 bits per heavy atom. The Morgan fingerprint density at radius 2 is 2.09 bits per heavy atom. The van der Waals surface area contributed by atoms with Gasteiger partial charge >= 0.3 is 0 Å². The molecule has 0 aromatic heterocycles. The molecule has 1 aliphatic carbocycles. The first kappa shape index (κ1) is 15.1. The monoisotopic (exact) mass is 297 g/mol. The topological polar surface area (TPSA) is 56.1 Å². The third-order valence-electron chi connectivity index (χ3n) is 4.98. The third-order valence-corrected chi connectivity index (χ3v) is 4.98. The van der Waals surface area contributed by atoms with Crippen LogP contribution >= 0.6 is 0 Å². The molecule has 1 amide bonds. The smallest absolute Gasteiger partial charge is 0.238 e. The Hall–Kier alpha value is -1.86. The first-order valence-corrected chi connectivity index (χ1v) is 8.30. The van der Waals surface area contributed by atoms with Gasteiger partial charge in [-0.25, -0.2) is 0 Å². The number of hydrogen-bond acceptors (Lipinski definition) is 3. The van der Waals surface area contributed by atoms with Crippen LogP contribution in [0.3, 0.4) is 0 Å². The van der Waals surface area contributed by atoms with E-state index in [0.29, 0.717) is 23.8 Å². The Morgan fingerprint density at radius 1 is 1.27 bits per heavy atom. The van der Waals surface area contributed by atoms with E-state index in [1.165, 1.54) is 38.5 Å². The van der Waals surface area contributed by atoms with Crippen molar-refractivity contribution in [2.24, 2.45) is 5.92 Å². The molecule has 2 fully saturated rings. The number of nitrogens with zero attached hydrogens (tertiary/aromatic N) is 2. The van der Waals surface area contributed by atoms with Crippen molar-refractivity contribution < 1.29 is 4.79 Å². The zero-order valence-electron chi connectivity index (χ0n) is 12.9. The molecule has 2 atom stereocenters. The van der Waals surface area contributed by atoms with E-state index < -0.39 is 0 Å². The molecule has 2 aliphatic rings. The van der Waals surface area contributed by atoms with Gasteiger partial charge in [-0.2, -0.15) is 5.26 Å². The van der Waals surface area contributed by atoms with Crippen LogP contribution in [0.5, 0.6) is 0 Å². The van der Waals surface area contributed by atoms with Gasteiger partial charge in [-0.1, -0.05) is 18.9 Å². The Balaban J connectivity index is 1.60. The van der Waals surface area contributed by atoms with Gasteiger partial charge in [0, 0.05) is 11.7 Å². The Bertz CT molecular complexity index is 576. The van der Waals surface area contributed by atoms with E-state index in [0.717, 1.165) is 12.5 Å². The maximum atomic E-state index is 12.3. The summed E-state index contributed by atoms with van der Waals surface area (Å²) in [6.07, 6.45) is 7.74. The van der Waals surface area contributed by atoms with Crippen LogP contribution in [0.4, 0.5) is 5.69 Å². The maximum Gasteiger partial charge on any atom is 0.238 e. The lowest BCUT2D eigenvalue weighted by Crippen LogP contribution is -2.49. The number of carbonyl (C=O) groups excluding carboxylic acids is 1. The highest BCUT2D eigenvalue weighted by Crippen LogP contribution is 2.35. The molecule has 0 bridgehead atoms. The van der Waals surface area contributed by atoms with Crippen molar-refractivity contribution in [3.63, 3.8) is 0 Å². The first-order valence-electron chi connectivity index (χ1n) is 8.30. The van der Waals surface area contributed by atoms with E-state index in [2.05, 4.69) is 16.3 Å². The molecule has 1 N–H and O–H groups in total. The number of rotatable bonds is 3. The number of anilines is 1. The van der Waals surface area contributed by atoms with Crippen LogP contribution < -0.4 is 5.32 Å². The quantitative estimate of drug-likeness (QED) is 0.932. The largest absolute Gasteiger partial charge is 0.325 e. The predicted molar refractivity (Wildman–Crippen MR) is 86.3 cm³/mol. The molecular formula is C18H23N3O. The first-order chi connectivity index (χ1) is 10.8. The standard InChI is InChI=1S/C18H23N3O/c19-12-14-5-3-8-16(11-14)20-18(22)13-21-10-4-7-15-6-1-2-9-17(15)21/h3,5,8,11,15,17H,1-2,4,6-7,9-10,13H2,(H,20,22)/t15-,17+/m1/s1. The van der Waals surface area contributed by atoms with Crippen LogP contribution in [0, 0.1) is 17.2 Å². The van der Waals surface area contributed by atoms with Gasteiger partial charge < -0.3 is 5.32 Å². The molecule has 3 rings (SSSR count). The Kier molecular flexibility index (Phi) is 4.74. The van der Waals surface area contributed by atoms with Crippen molar-refractivity contribution in [1.29, 1.82) is 5.26 Å². The minimum Gasteiger partial charge on any atom is -0.325 e. The highest BCUT2D eigenvalue weighted by atomic mass is 16.2. The second-order valence-corrected chi connectivity index (χ2v) is 6.47. The molecule has 1 saturated carbocycles. The van der Waals surface area contributed by atoms with Crippen molar-refractivity contribution in [2.75, 3.05) is 18.4 Å². The number of amides is 1. The highest BCUT2D eigenvalue weighted by molar-refractivity contribution is 5.92. The average molecular weight is 297 g/mol. The lowest BCUT2D eigenvalue weighted by atomic mass is 9.78. The SMILES string of the molecule is N#Cc1cccc(NC(=O)CN2CCC[C@H]3CCCC[C@@H]32)c1. The number of likely N-dealkylation sites (tertiary alicyclic amines) is 1. The molecule has 22 heavy (non-hydrogen) atoms. The van der Waals surface area contributed by atoms with E-state index in [4.69, 9.17) is 5.26 Å². The summed E-state index contributed by atoms with van der Waals surface area (Å²) in [5, 5.41) is 11.8. The van der Waals surface area contributed by atoms with Crippen molar-refractivity contribution in [3.8, 4) is 6.07 Å². The van der Waals surface area contributed by atoms with Crippen molar-refractivity contribution in [1.82, 2.24) is 4.90 Å². The normalized spacial score (nSPS) is 25.0. The van der Waals surface area contributed by atoms with Crippen LogP contribution in [-0.4, -0.2) is 29.9 Å². The van der Waals surface area contributed by atoms with Gasteiger partial charge in [-0.3, -0.25) is 9.69 Å². The van der Waals surface area contributed by atoms with Crippen LogP contribution in [-0.2, 0) is 4.79 Å². The average Bonchev–Trinajstić information content (AvgIpc) is 2.55. The molecule has 1 aliphatic heterocycles. The Labute approximate surface area is 132 Å². The number of nitriles is 1. The fourth-order valence-electron chi connectivity index (χ4n) is 3.98. The minimum absolute atomic E-state index is 0.0290. The summed E-state index contributed by atoms with van der Waals surface area (Å²) in [5.41, 5.74) is 1.28. The number of fused-ring (bicyclic) bond motifs is 1. The molecule has 1 saturated heterocycles. The summed E-state index contributed by atoms with van der Waals surface area (Å²) in [5.74, 6) is 0.818. The predicted octanol–water partition coefficient (Wildman–Crippen LogP) is 3.15. The number of benzene rings is 1. The van der Waals surface area contributed by atoms with Crippen LogP contribution in [0.1, 0.15) is 44.1 Å². The fraction of sp³-hybridized carbons (Fsp3) is 0.556. The summed E-state index contributed by atoms with van der Waals surface area (Å²) in [7, 11) is 0. The van der Waals surface area contributed by atoms with Gasteiger partial charge in [-0.05, 0) is 56.3 Å². The van der Waals surface area contributed by atoms with Gasteiger partial charge in [0.2, 0.25) is 5.91 Å². The summed E-state index contributed by atoms with van der Waals surface area (Å²) in [6, 6.07) is 9.79. The molecular weight excluding hydrogens is 274 g/mol. The van der Waals surface area contributed by atoms with E-state index in [9.17, 15) is 4.79 Å². The number of nitrogens with one attached hydrogen (secondary N) is 1. The van der Waals surface area contributed by atoms with Gasteiger partial charge in [0.25, 0.3) is 0 Å².